The molecule has 4 nitrogen and oxygen atoms in total. The minimum Gasteiger partial charge on any atom is -0.387 e. The number of alkyl halides is 3. The fourth-order valence-corrected chi connectivity index (χ4v) is 3.32. The van der Waals surface area contributed by atoms with Crippen LogP contribution >= 0.6 is 23.4 Å². The Labute approximate surface area is 175 Å². The van der Waals surface area contributed by atoms with Gasteiger partial charge in [0.05, 0.1) is 22.4 Å². The smallest absolute Gasteiger partial charge is 0.387 e. The largest absolute Gasteiger partial charge is 0.417 e. The molecule has 29 heavy (non-hydrogen) atoms. The fourth-order valence-electron chi connectivity index (χ4n) is 2.65. The van der Waals surface area contributed by atoms with E-state index in [9.17, 15) is 18.3 Å². The number of nitrogens with zero attached hydrogens (tertiary/aromatic N) is 2. The van der Waals surface area contributed by atoms with Crippen LogP contribution in [0.4, 0.5) is 19.0 Å². The lowest BCUT2D eigenvalue weighted by Crippen LogP contribution is -2.13. The molecule has 0 saturated heterocycles. The Morgan fingerprint density at radius 3 is 2.45 bits per heavy atom. The highest BCUT2D eigenvalue weighted by atomic mass is 35.5. The zero-order valence-corrected chi connectivity index (χ0v) is 16.8. The molecular formula is C20H17ClF3N3OS. The third-order valence-electron chi connectivity index (χ3n) is 4.12. The van der Waals surface area contributed by atoms with E-state index >= 15 is 0 Å². The molecule has 2 N–H and O–H groups in total. The van der Waals surface area contributed by atoms with Crippen LogP contribution < -0.4 is 5.32 Å². The molecule has 0 aliphatic heterocycles. The first-order valence-electron chi connectivity index (χ1n) is 8.55. The maximum absolute atomic E-state index is 12.9. The number of halogens is 4. The fraction of sp³-hybridized carbons (Fsp3) is 0.200. The van der Waals surface area contributed by atoms with Gasteiger partial charge in [0.25, 0.3) is 0 Å². The second kappa shape index (κ2) is 9.02. The van der Waals surface area contributed by atoms with Crippen molar-refractivity contribution in [1.29, 1.82) is 0 Å². The van der Waals surface area contributed by atoms with E-state index in [4.69, 9.17) is 11.6 Å². The Morgan fingerprint density at radius 2 is 1.83 bits per heavy atom. The van der Waals surface area contributed by atoms with Gasteiger partial charge in [0.15, 0.2) is 5.16 Å². The number of thioether (sulfide) groups is 1. The summed E-state index contributed by atoms with van der Waals surface area (Å²) in [6, 6.07) is 14.3. The number of hydrogen-bond donors (Lipinski definition) is 2. The molecule has 3 rings (SSSR count). The normalized spacial score (nSPS) is 12.6. The molecule has 0 radical (unpaired) electrons. The summed E-state index contributed by atoms with van der Waals surface area (Å²) in [5.41, 5.74) is 0.726. The Balaban J connectivity index is 1.85. The summed E-state index contributed by atoms with van der Waals surface area (Å²) < 4.78 is 38.8. The van der Waals surface area contributed by atoms with E-state index in [1.54, 1.807) is 12.3 Å². The van der Waals surface area contributed by atoms with Crippen molar-refractivity contribution in [1.82, 2.24) is 9.97 Å². The van der Waals surface area contributed by atoms with Gasteiger partial charge in [-0.05, 0) is 24.0 Å². The minimum atomic E-state index is -4.52. The van der Waals surface area contributed by atoms with E-state index in [0.717, 1.165) is 11.6 Å². The number of aromatic nitrogens is 2. The zero-order chi connectivity index (χ0) is 21.0. The molecule has 0 fully saturated rings. The molecule has 0 aliphatic carbocycles. The number of aliphatic hydroxyl groups is 1. The van der Waals surface area contributed by atoms with E-state index in [1.165, 1.54) is 23.9 Å². The molecule has 9 heteroatoms. The average Bonchev–Trinajstić information content (AvgIpc) is 2.71. The van der Waals surface area contributed by atoms with E-state index in [1.807, 2.05) is 30.3 Å². The van der Waals surface area contributed by atoms with Crippen molar-refractivity contribution in [2.45, 2.75) is 17.4 Å². The number of hydrogen-bond acceptors (Lipinski definition) is 5. The average molecular weight is 440 g/mol. The van der Waals surface area contributed by atoms with Crippen LogP contribution in [0.1, 0.15) is 17.2 Å². The van der Waals surface area contributed by atoms with Gasteiger partial charge < -0.3 is 10.4 Å². The lowest BCUT2D eigenvalue weighted by Gasteiger charge is -2.14. The molecule has 0 saturated carbocycles. The lowest BCUT2D eigenvalue weighted by atomic mass is 10.1. The van der Waals surface area contributed by atoms with Crippen molar-refractivity contribution in [3.05, 3.63) is 70.7 Å². The first-order chi connectivity index (χ1) is 13.8. The third-order valence-corrected chi connectivity index (χ3v) is 4.98. The Kier molecular flexibility index (Phi) is 6.66. The summed E-state index contributed by atoms with van der Waals surface area (Å²) in [6.07, 6.45) is -3.47. The van der Waals surface area contributed by atoms with Crippen LogP contribution in [-0.4, -0.2) is 27.9 Å². The van der Waals surface area contributed by atoms with Gasteiger partial charge in [-0.2, -0.15) is 13.2 Å². The third kappa shape index (κ3) is 5.41. The quantitative estimate of drug-likeness (QED) is 0.382. The van der Waals surface area contributed by atoms with E-state index < -0.39 is 22.9 Å². The van der Waals surface area contributed by atoms with Gasteiger partial charge in [0.2, 0.25) is 0 Å². The molecule has 1 unspecified atom stereocenters. The molecule has 3 aromatic rings. The number of rotatable bonds is 6. The Bertz CT molecular complexity index is 986. The Hall–Kier alpha value is -2.29. The molecule has 1 atom stereocenters. The maximum Gasteiger partial charge on any atom is 0.417 e. The van der Waals surface area contributed by atoms with Gasteiger partial charge in [-0.1, -0.05) is 59.8 Å². The molecular weight excluding hydrogens is 423 g/mol. The van der Waals surface area contributed by atoms with Gasteiger partial charge in [0.1, 0.15) is 5.82 Å². The first kappa shape index (κ1) is 21.4. The Morgan fingerprint density at radius 1 is 1.10 bits per heavy atom. The standard InChI is InChI=1S/C20H17ClF3N3OS/c1-29-19-26-16(13-7-8-14(15(21)9-13)20(22,23)24)10-18(27-19)25-11-17(28)12-5-3-2-4-6-12/h2-10,17,28H,11H2,1H3,(H,25,26,27). The van der Waals surface area contributed by atoms with Crippen LogP contribution in [0.5, 0.6) is 0 Å². The molecule has 1 aromatic heterocycles. The van der Waals surface area contributed by atoms with Gasteiger partial charge in [-0.25, -0.2) is 9.97 Å². The summed E-state index contributed by atoms with van der Waals surface area (Å²) in [7, 11) is 0. The SMILES string of the molecule is CSc1nc(NCC(O)c2ccccc2)cc(-c2ccc(C(F)(F)F)c(Cl)c2)n1. The molecule has 1 heterocycles. The maximum atomic E-state index is 12.9. The second-order valence-corrected chi connectivity index (χ2v) is 7.31. The van der Waals surface area contributed by atoms with Crippen LogP contribution in [0.3, 0.4) is 0 Å². The molecule has 152 valence electrons. The van der Waals surface area contributed by atoms with Gasteiger partial charge in [-0.15, -0.1) is 0 Å². The first-order valence-corrected chi connectivity index (χ1v) is 10.2. The molecule has 2 aromatic carbocycles. The van der Waals surface area contributed by atoms with Crippen LogP contribution in [0.2, 0.25) is 5.02 Å². The molecule has 0 aliphatic rings. The zero-order valence-electron chi connectivity index (χ0n) is 15.2. The monoisotopic (exact) mass is 439 g/mol. The molecule has 0 spiro atoms. The summed E-state index contributed by atoms with van der Waals surface area (Å²) in [5.74, 6) is 0.449. The van der Waals surface area contributed by atoms with Crippen molar-refractivity contribution in [2.24, 2.45) is 0 Å². The predicted molar refractivity (Wildman–Crippen MR) is 109 cm³/mol. The number of benzene rings is 2. The van der Waals surface area contributed by atoms with E-state index in [0.29, 0.717) is 22.2 Å². The van der Waals surface area contributed by atoms with Crippen LogP contribution in [-0.2, 0) is 6.18 Å². The number of aliphatic hydroxyl groups excluding tert-OH is 1. The topological polar surface area (TPSA) is 58.0 Å². The lowest BCUT2D eigenvalue weighted by molar-refractivity contribution is -0.137. The summed E-state index contributed by atoms with van der Waals surface area (Å²) in [4.78, 5) is 8.69. The molecule has 0 amide bonds. The van der Waals surface area contributed by atoms with E-state index in [2.05, 4.69) is 15.3 Å². The van der Waals surface area contributed by atoms with Crippen molar-refractivity contribution in [2.75, 3.05) is 18.1 Å². The van der Waals surface area contributed by atoms with Crippen LogP contribution in [0, 0.1) is 0 Å². The highest BCUT2D eigenvalue weighted by Gasteiger charge is 2.33. The van der Waals surface area contributed by atoms with Crippen LogP contribution in [0.25, 0.3) is 11.3 Å². The van der Waals surface area contributed by atoms with Gasteiger partial charge >= 0.3 is 6.18 Å². The predicted octanol–water partition coefficient (Wildman–Crippen LogP) is 5.68. The van der Waals surface area contributed by atoms with Gasteiger partial charge in [-0.3, -0.25) is 0 Å². The number of nitrogens with one attached hydrogen (secondary N) is 1. The van der Waals surface area contributed by atoms with Crippen LogP contribution in [0.15, 0.2) is 59.8 Å². The minimum absolute atomic E-state index is 0.210. The summed E-state index contributed by atoms with van der Waals surface area (Å²) in [5, 5.41) is 13.4. The number of anilines is 1. The van der Waals surface area contributed by atoms with Crippen molar-refractivity contribution < 1.29 is 18.3 Å². The van der Waals surface area contributed by atoms with Crippen molar-refractivity contribution in [3.63, 3.8) is 0 Å². The van der Waals surface area contributed by atoms with Gasteiger partial charge in [0, 0.05) is 18.2 Å². The van der Waals surface area contributed by atoms with Crippen molar-refractivity contribution >= 4 is 29.2 Å². The second-order valence-electron chi connectivity index (χ2n) is 6.12. The highest BCUT2D eigenvalue weighted by Crippen LogP contribution is 2.37. The summed E-state index contributed by atoms with van der Waals surface area (Å²) >= 11 is 7.13. The van der Waals surface area contributed by atoms with E-state index in [-0.39, 0.29) is 6.54 Å². The van der Waals surface area contributed by atoms with Crippen molar-refractivity contribution in [3.8, 4) is 11.3 Å². The molecule has 0 bridgehead atoms. The summed E-state index contributed by atoms with van der Waals surface area (Å²) in [6.45, 7) is 0.210. The highest BCUT2D eigenvalue weighted by molar-refractivity contribution is 7.98.